The Bertz CT molecular complexity index is 442. The molecular weight excluding hydrogens is 300 g/mol. The molecule has 0 N–H and O–H groups in total. The highest BCUT2D eigenvalue weighted by molar-refractivity contribution is 7.89. The van der Waals surface area contributed by atoms with Gasteiger partial charge in [0.05, 0.1) is 11.9 Å². The van der Waals surface area contributed by atoms with Gasteiger partial charge in [-0.1, -0.05) is 6.42 Å². The summed E-state index contributed by atoms with van der Waals surface area (Å²) in [5, 5.41) is 0. The molecular formula is C16H30N2O3S. The molecule has 0 aliphatic carbocycles. The summed E-state index contributed by atoms with van der Waals surface area (Å²) in [6.45, 7) is 4.50. The molecule has 0 radical (unpaired) electrons. The van der Waals surface area contributed by atoms with E-state index < -0.39 is 10.0 Å². The van der Waals surface area contributed by atoms with Crippen molar-refractivity contribution in [3.05, 3.63) is 0 Å². The van der Waals surface area contributed by atoms with Crippen LogP contribution in [0.25, 0.3) is 0 Å². The van der Waals surface area contributed by atoms with E-state index in [0.29, 0.717) is 25.6 Å². The van der Waals surface area contributed by atoms with Crippen LogP contribution < -0.4 is 0 Å². The lowest BCUT2D eigenvalue weighted by Gasteiger charge is -2.40. The van der Waals surface area contributed by atoms with Crippen molar-refractivity contribution in [2.24, 2.45) is 0 Å². The molecule has 3 heterocycles. The van der Waals surface area contributed by atoms with E-state index in [0.717, 1.165) is 45.4 Å². The Kier molecular flexibility index (Phi) is 5.76. The van der Waals surface area contributed by atoms with Gasteiger partial charge in [-0.2, -0.15) is 0 Å². The number of rotatable bonds is 5. The maximum absolute atomic E-state index is 12.6. The molecule has 0 bridgehead atoms. The van der Waals surface area contributed by atoms with E-state index in [1.807, 2.05) is 0 Å². The Balaban J connectivity index is 1.53. The van der Waals surface area contributed by atoms with Gasteiger partial charge in [0.15, 0.2) is 0 Å². The Morgan fingerprint density at radius 3 is 2.50 bits per heavy atom. The highest BCUT2D eigenvalue weighted by Gasteiger charge is 2.32. The number of likely N-dealkylation sites (tertiary alicyclic amines) is 1. The van der Waals surface area contributed by atoms with E-state index >= 15 is 0 Å². The zero-order valence-corrected chi connectivity index (χ0v) is 14.4. The average molecular weight is 330 g/mol. The summed E-state index contributed by atoms with van der Waals surface area (Å²) < 4.78 is 32.6. The fourth-order valence-electron chi connectivity index (χ4n) is 4.04. The molecule has 0 aromatic carbocycles. The van der Waals surface area contributed by atoms with Crippen molar-refractivity contribution in [3.8, 4) is 0 Å². The average Bonchev–Trinajstić information content (AvgIpc) is 3.08. The third kappa shape index (κ3) is 4.22. The van der Waals surface area contributed by atoms with Crippen LogP contribution in [0.15, 0.2) is 0 Å². The zero-order valence-electron chi connectivity index (χ0n) is 13.6. The summed E-state index contributed by atoms with van der Waals surface area (Å²) in [7, 11) is -3.12. The Labute approximate surface area is 135 Å². The Morgan fingerprint density at radius 2 is 1.77 bits per heavy atom. The van der Waals surface area contributed by atoms with E-state index in [9.17, 15) is 8.42 Å². The fraction of sp³-hybridized carbons (Fsp3) is 1.00. The summed E-state index contributed by atoms with van der Waals surface area (Å²) >= 11 is 0. The van der Waals surface area contributed by atoms with Crippen LogP contribution in [0, 0.1) is 0 Å². The molecule has 6 heteroatoms. The second-order valence-electron chi connectivity index (χ2n) is 6.99. The molecule has 0 aromatic rings. The minimum atomic E-state index is -3.12. The van der Waals surface area contributed by atoms with Crippen LogP contribution in [-0.2, 0) is 14.8 Å². The van der Waals surface area contributed by atoms with Crippen molar-refractivity contribution in [1.29, 1.82) is 0 Å². The molecule has 3 rings (SSSR count). The monoisotopic (exact) mass is 330 g/mol. The van der Waals surface area contributed by atoms with Gasteiger partial charge < -0.3 is 4.74 Å². The van der Waals surface area contributed by atoms with Crippen molar-refractivity contribution in [1.82, 2.24) is 9.21 Å². The minimum absolute atomic E-state index is 0.164. The standard InChI is InChI=1S/C16H30N2O3S/c19-22(20,13-8-16-7-5-12-21-16)18-11-4-6-15(14-18)17-9-2-1-3-10-17/h15-16H,1-14H2/t15-,16-/m1/s1. The minimum Gasteiger partial charge on any atom is -0.378 e. The molecule has 0 spiro atoms. The van der Waals surface area contributed by atoms with E-state index in [2.05, 4.69) is 4.90 Å². The van der Waals surface area contributed by atoms with Crippen LogP contribution >= 0.6 is 0 Å². The van der Waals surface area contributed by atoms with E-state index in [4.69, 9.17) is 4.74 Å². The van der Waals surface area contributed by atoms with E-state index in [1.165, 1.54) is 19.3 Å². The first-order valence-electron chi connectivity index (χ1n) is 8.99. The second-order valence-corrected chi connectivity index (χ2v) is 9.08. The predicted molar refractivity (Wildman–Crippen MR) is 87.4 cm³/mol. The number of ether oxygens (including phenoxy) is 1. The van der Waals surface area contributed by atoms with Gasteiger partial charge in [-0.15, -0.1) is 0 Å². The van der Waals surface area contributed by atoms with Crippen LogP contribution in [-0.4, -0.2) is 68.3 Å². The van der Waals surface area contributed by atoms with Gasteiger partial charge in [-0.05, 0) is 58.0 Å². The van der Waals surface area contributed by atoms with Gasteiger partial charge in [0, 0.05) is 25.7 Å². The number of sulfonamides is 1. The lowest BCUT2D eigenvalue weighted by molar-refractivity contribution is 0.106. The summed E-state index contributed by atoms with van der Waals surface area (Å²) in [5.41, 5.74) is 0. The van der Waals surface area contributed by atoms with E-state index in [-0.39, 0.29) is 11.9 Å². The van der Waals surface area contributed by atoms with E-state index in [1.54, 1.807) is 4.31 Å². The molecule has 128 valence electrons. The zero-order chi connectivity index (χ0) is 15.4. The molecule has 5 nitrogen and oxygen atoms in total. The third-order valence-electron chi connectivity index (χ3n) is 5.38. The number of piperidine rings is 2. The van der Waals surface area contributed by atoms with Crippen LogP contribution in [0.2, 0.25) is 0 Å². The maximum atomic E-state index is 12.6. The molecule has 0 amide bonds. The topological polar surface area (TPSA) is 49.9 Å². The molecule has 0 unspecified atom stereocenters. The molecule has 3 saturated heterocycles. The van der Waals surface area contributed by atoms with Crippen molar-refractivity contribution in [2.45, 2.75) is 63.5 Å². The quantitative estimate of drug-likeness (QED) is 0.772. The van der Waals surface area contributed by atoms with Gasteiger partial charge in [-0.3, -0.25) is 4.90 Å². The largest absolute Gasteiger partial charge is 0.378 e. The molecule has 3 aliphatic rings. The van der Waals surface area contributed by atoms with Gasteiger partial charge >= 0.3 is 0 Å². The molecule has 3 fully saturated rings. The fourth-order valence-corrected chi connectivity index (χ4v) is 5.66. The van der Waals surface area contributed by atoms with Crippen LogP contribution in [0.3, 0.4) is 0 Å². The maximum Gasteiger partial charge on any atom is 0.214 e. The molecule has 0 saturated carbocycles. The molecule has 2 atom stereocenters. The van der Waals surface area contributed by atoms with Crippen molar-refractivity contribution in [2.75, 3.05) is 38.5 Å². The third-order valence-corrected chi connectivity index (χ3v) is 7.25. The lowest BCUT2D eigenvalue weighted by Crippen LogP contribution is -2.51. The number of hydrogen-bond donors (Lipinski definition) is 0. The lowest BCUT2D eigenvalue weighted by atomic mass is 10.0. The smallest absolute Gasteiger partial charge is 0.214 e. The van der Waals surface area contributed by atoms with Gasteiger partial charge in [-0.25, -0.2) is 12.7 Å². The first-order chi connectivity index (χ1) is 10.6. The molecule has 0 aromatic heterocycles. The summed E-state index contributed by atoms with van der Waals surface area (Å²) in [5.74, 6) is 0.254. The van der Waals surface area contributed by atoms with Crippen molar-refractivity contribution in [3.63, 3.8) is 0 Å². The van der Waals surface area contributed by atoms with Crippen LogP contribution in [0.5, 0.6) is 0 Å². The highest BCUT2D eigenvalue weighted by Crippen LogP contribution is 2.23. The summed E-state index contributed by atoms with van der Waals surface area (Å²) in [6, 6.07) is 0.437. The highest BCUT2D eigenvalue weighted by atomic mass is 32.2. The normalized spacial score (nSPS) is 32.4. The van der Waals surface area contributed by atoms with Gasteiger partial charge in [0.2, 0.25) is 10.0 Å². The second kappa shape index (κ2) is 7.60. The van der Waals surface area contributed by atoms with Crippen molar-refractivity contribution >= 4 is 10.0 Å². The van der Waals surface area contributed by atoms with Crippen LogP contribution in [0.1, 0.15) is 51.4 Å². The molecule has 22 heavy (non-hydrogen) atoms. The molecule has 3 aliphatic heterocycles. The first-order valence-corrected chi connectivity index (χ1v) is 10.6. The summed E-state index contributed by atoms with van der Waals surface area (Å²) in [6.07, 6.45) is 8.93. The SMILES string of the molecule is O=S(=O)(CC[C@H]1CCCO1)N1CCC[C@@H](N2CCCCC2)C1. The van der Waals surface area contributed by atoms with Gasteiger partial charge in [0.1, 0.15) is 0 Å². The summed E-state index contributed by atoms with van der Waals surface area (Å²) in [4.78, 5) is 2.52. The number of nitrogens with zero attached hydrogens (tertiary/aromatic N) is 2. The first kappa shape index (κ1) is 16.7. The number of hydrogen-bond acceptors (Lipinski definition) is 4. The van der Waals surface area contributed by atoms with Crippen molar-refractivity contribution < 1.29 is 13.2 Å². The predicted octanol–water partition coefficient (Wildman–Crippen LogP) is 1.84. The van der Waals surface area contributed by atoms with Gasteiger partial charge in [0.25, 0.3) is 0 Å². The van der Waals surface area contributed by atoms with Crippen LogP contribution in [0.4, 0.5) is 0 Å². The Morgan fingerprint density at radius 1 is 0.955 bits per heavy atom. The Hall–Kier alpha value is -0.170.